The first kappa shape index (κ1) is 19.8. The summed E-state index contributed by atoms with van der Waals surface area (Å²) in [5.74, 6) is 0.120. The second-order valence-corrected chi connectivity index (χ2v) is 8.73. The van der Waals surface area contributed by atoms with Gasteiger partial charge in [0.2, 0.25) is 5.91 Å². The summed E-state index contributed by atoms with van der Waals surface area (Å²) in [7, 11) is 0. The number of carbonyl (C=O) groups excluding carboxylic acids is 1. The van der Waals surface area contributed by atoms with Gasteiger partial charge >= 0.3 is 0 Å². The molecule has 1 heterocycles. The fourth-order valence-electron chi connectivity index (χ4n) is 2.47. The molecule has 1 aliphatic heterocycles. The first-order valence-electron chi connectivity index (χ1n) is 7.36. The number of hydrogen-bond acceptors (Lipinski definition) is 3. The third-order valence-corrected chi connectivity index (χ3v) is 5.42. The van der Waals surface area contributed by atoms with E-state index >= 15 is 0 Å². The summed E-state index contributed by atoms with van der Waals surface area (Å²) >= 11 is 5.03. The van der Waals surface area contributed by atoms with Gasteiger partial charge in [-0.05, 0) is 64.4 Å². The maximum atomic E-state index is 12.5. The molecule has 2 atom stereocenters. The molecule has 2 unspecified atom stereocenters. The van der Waals surface area contributed by atoms with E-state index in [0.717, 1.165) is 28.8 Å². The van der Waals surface area contributed by atoms with Crippen LogP contribution in [0.4, 0.5) is 0 Å². The van der Waals surface area contributed by atoms with Gasteiger partial charge in [-0.1, -0.05) is 15.9 Å². The van der Waals surface area contributed by atoms with Gasteiger partial charge in [-0.2, -0.15) is 0 Å². The lowest BCUT2D eigenvalue weighted by molar-refractivity contribution is -0.123. The second-order valence-electron chi connectivity index (χ2n) is 6.12. The molecule has 22 heavy (non-hydrogen) atoms. The Morgan fingerprint density at radius 3 is 2.59 bits per heavy atom. The van der Waals surface area contributed by atoms with Crippen LogP contribution in [0, 0.1) is 0 Å². The number of piperidine rings is 1. The molecule has 1 aromatic carbocycles. The third-order valence-electron chi connectivity index (χ3n) is 3.69. The Bertz CT molecular complexity index is 495. The van der Waals surface area contributed by atoms with Gasteiger partial charge in [-0.15, -0.1) is 24.2 Å². The summed E-state index contributed by atoms with van der Waals surface area (Å²) in [5, 5.41) is 6.62. The first-order valence-corrected chi connectivity index (χ1v) is 8.97. The Morgan fingerprint density at radius 2 is 2.00 bits per heavy atom. The quantitative estimate of drug-likeness (QED) is 0.741. The molecular formula is C16H24BrClN2OS. The number of rotatable bonds is 4. The predicted octanol–water partition coefficient (Wildman–Crippen LogP) is 4.00. The van der Waals surface area contributed by atoms with Crippen molar-refractivity contribution in [2.75, 3.05) is 6.54 Å². The van der Waals surface area contributed by atoms with E-state index in [0.29, 0.717) is 12.1 Å². The third kappa shape index (κ3) is 5.76. The van der Waals surface area contributed by atoms with Crippen molar-refractivity contribution in [3.8, 4) is 0 Å². The van der Waals surface area contributed by atoms with E-state index in [1.165, 1.54) is 0 Å². The van der Waals surface area contributed by atoms with Crippen molar-refractivity contribution in [3.05, 3.63) is 28.7 Å². The van der Waals surface area contributed by atoms with Crippen molar-refractivity contribution in [1.29, 1.82) is 0 Å². The van der Waals surface area contributed by atoms with Gasteiger partial charge in [0, 0.05) is 21.5 Å². The summed E-state index contributed by atoms with van der Waals surface area (Å²) < 4.78 is 0.583. The molecule has 124 valence electrons. The van der Waals surface area contributed by atoms with Gasteiger partial charge in [0.05, 0.1) is 4.75 Å². The number of hydrogen-bond donors (Lipinski definition) is 2. The number of nitrogens with one attached hydrogen (secondary N) is 2. The largest absolute Gasteiger partial charge is 0.352 e. The molecule has 2 rings (SSSR count). The zero-order chi connectivity index (χ0) is 15.5. The van der Waals surface area contributed by atoms with Crippen molar-refractivity contribution in [3.63, 3.8) is 0 Å². The van der Waals surface area contributed by atoms with Crippen LogP contribution in [0.2, 0.25) is 0 Å². The molecular weight excluding hydrogens is 384 g/mol. The standard InChI is InChI=1S/C16H23BrN2OS.ClH/c1-11-10-13(8-9-18-11)19-15(20)16(2,3)21-14-6-4-12(17)5-7-14;/h4-7,11,13,18H,8-10H2,1-3H3,(H,19,20);1H. The maximum absolute atomic E-state index is 12.5. The zero-order valence-electron chi connectivity index (χ0n) is 13.2. The van der Waals surface area contributed by atoms with Gasteiger partial charge in [0.1, 0.15) is 0 Å². The molecule has 0 spiro atoms. The molecule has 1 aliphatic rings. The highest BCUT2D eigenvalue weighted by Crippen LogP contribution is 2.33. The highest BCUT2D eigenvalue weighted by atomic mass is 79.9. The van der Waals surface area contributed by atoms with E-state index < -0.39 is 4.75 Å². The zero-order valence-corrected chi connectivity index (χ0v) is 16.4. The predicted molar refractivity (Wildman–Crippen MR) is 100.0 cm³/mol. The van der Waals surface area contributed by atoms with Gasteiger partial charge in [0.25, 0.3) is 0 Å². The van der Waals surface area contributed by atoms with Gasteiger partial charge in [-0.3, -0.25) is 4.79 Å². The van der Waals surface area contributed by atoms with E-state index in [4.69, 9.17) is 0 Å². The minimum atomic E-state index is -0.470. The van der Waals surface area contributed by atoms with Gasteiger partial charge < -0.3 is 10.6 Å². The second kappa shape index (κ2) is 8.57. The SMILES string of the molecule is CC1CC(NC(=O)C(C)(C)Sc2ccc(Br)cc2)CCN1.Cl. The molecule has 0 bridgehead atoms. The van der Waals surface area contributed by atoms with Crippen LogP contribution < -0.4 is 10.6 Å². The normalized spacial score (nSPS) is 21.8. The number of benzene rings is 1. The van der Waals surface area contributed by atoms with Crippen molar-refractivity contribution in [2.24, 2.45) is 0 Å². The average Bonchev–Trinajstić information content (AvgIpc) is 2.41. The number of halogens is 2. The minimum Gasteiger partial charge on any atom is -0.352 e. The molecule has 0 aliphatic carbocycles. The smallest absolute Gasteiger partial charge is 0.236 e. The van der Waals surface area contributed by atoms with Crippen molar-refractivity contribution >= 4 is 46.0 Å². The molecule has 6 heteroatoms. The Morgan fingerprint density at radius 1 is 1.36 bits per heavy atom. The number of carbonyl (C=O) groups is 1. The van der Waals surface area contributed by atoms with Crippen LogP contribution >= 0.6 is 40.1 Å². The molecule has 2 N–H and O–H groups in total. The maximum Gasteiger partial charge on any atom is 0.236 e. The highest BCUT2D eigenvalue weighted by molar-refractivity contribution is 9.10. The summed E-state index contributed by atoms with van der Waals surface area (Å²) in [6.45, 7) is 7.12. The molecule has 3 nitrogen and oxygen atoms in total. The minimum absolute atomic E-state index is 0. The molecule has 0 aromatic heterocycles. The van der Waals surface area contributed by atoms with Crippen LogP contribution in [0.5, 0.6) is 0 Å². The van der Waals surface area contributed by atoms with Crippen LogP contribution in [0.15, 0.2) is 33.6 Å². The van der Waals surface area contributed by atoms with Crippen LogP contribution in [0.3, 0.4) is 0 Å². The van der Waals surface area contributed by atoms with Crippen molar-refractivity contribution in [2.45, 2.75) is 55.3 Å². The van der Waals surface area contributed by atoms with Gasteiger partial charge in [0.15, 0.2) is 0 Å². The Kier molecular flexibility index (Phi) is 7.72. The number of amides is 1. The first-order chi connectivity index (χ1) is 9.87. The Labute approximate surface area is 151 Å². The molecule has 1 aromatic rings. The van der Waals surface area contributed by atoms with Crippen molar-refractivity contribution in [1.82, 2.24) is 10.6 Å². The van der Waals surface area contributed by atoms with Crippen LogP contribution in [-0.4, -0.2) is 29.3 Å². The fraction of sp³-hybridized carbons (Fsp3) is 0.562. The lowest BCUT2D eigenvalue weighted by Gasteiger charge is -2.32. The van der Waals surface area contributed by atoms with Crippen molar-refractivity contribution < 1.29 is 4.79 Å². The number of thioether (sulfide) groups is 1. The van der Waals surface area contributed by atoms with Crippen LogP contribution in [0.25, 0.3) is 0 Å². The molecule has 0 radical (unpaired) electrons. The molecule has 1 fully saturated rings. The summed E-state index contributed by atoms with van der Waals surface area (Å²) in [5.41, 5.74) is 0. The molecule has 1 saturated heterocycles. The van der Waals surface area contributed by atoms with E-state index in [-0.39, 0.29) is 18.3 Å². The van der Waals surface area contributed by atoms with Gasteiger partial charge in [-0.25, -0.2) is 0 Å². The average molecular weight is 408 g/mol. The topological polar surface area (TPSA) is 41.1 Å². The lowest BCUT2D eigenvalue weighted by Crippen LogP contribution is -2.50. The van der Waals surface area contributed by atoms with E-state index in [9.17, 15) is 4.79 Å². The fourth-order valence-corrected chi connectivity index (χ4v) is 3.74. The van der Waals surface area contributed by atoms with Crippen LogP contribution in [-0.2, 0) is 4.79 Å². The Hall–Kier alpha value is -0.230. The molecule has 0 saturated carbocycles. The highest BCUT2D eigenvalue weighted by Gasteiger charge is 2.31. The summed E-state index contributed by atoms with van der Waals surface area (Å²) in [6, 6.07) is 8.85. The van der Waals surface area contributed by atoms with E-state index in [1.807, 2.05) is 38.1 Å². The molecule has 1 amide bonds. The summed E-state index contributed by atoms with van der Waals surface area (Å²) in [4.78, 5) is 13.7. The Balaban J connectivity index is 0.00000242. The summed E-state index contributed by atoms with van der Waals surface area (Å²) in [6.07, 6.45) is 2.01. The van der Waals surface area contributed by atoms with E-state index in [2.05, 4.69) is 33.5 Å². The van der Waals surface area contributed by atoms with E-state index in [1.54, 1.807) is 11.8 Å². The monoisotopic (exact) mass is 406 g/mol. The lowest BCUT2D eigenvalue weighted by atomic mass is 10.00. The van der Waals surface area contributed by atoms with Crippen LogP contribution in [0.1, 0.15) is 33.6 Å².